The molecule has 1 unspecified atom stereocenters. The molecule has 0 aliphatic carbocycles. The maximum absolute atomic E-state index is 11.2. The molecule has 1 atom stereocenters. The Hall–Kier alpha value is -0.620. The van der Waals surface area contributed by atoms with E-state index >= 15 is 0 Å². The van der Waals surface area contributed by atoms with Crippen LogP contribution in [-0.4, -0.2) is 31.5 Å². The minimum atomic E-state index is -2.74. The van der Waals surface area contributed by atoms with Crippen molar-refractivity contribution in [2.24, 2.45) is 5.92 Å². The lowest BCUT2D eigenvalue weighted by Crippen LogP contribution is -2.15. The van der Waals surface area contributed by atoms with Crippen molar-refractivity contribution in [2.75, 3.05) is 23.4 Å². The van der Waals surface area contributed by atoms with E-state index in [9.17, 15) is 8.42 Å². The molecule has 0 spiro atoms. The molecule has 4 nitrogen and oxygen atoms in total. The summed E-state index contributed by atoms with van der Waals surface area (Å²) >= 11 is 1.53. The van der Waals surface area contributed by atoms with E-state index in [-0.39, 0.29) is 5.92 Å². The maximum Gasteiger partial charge on any atom is 0.182 e. The molecule has 78 valence electrons. The van der Waals surface area contributed by atoms with Crippen LogP contribution in [0, 0.1) is 5.92 Å². The average molecular weight is 232 g/mol. The van der Waals surface area contributed by atoms with E-state index in [2.05, 4.69) is 10.3 Å². The first-order valence-corrected chi connectivity index (χ1v) is 7.19. The van der Waals surface area contributed by atoms with Crippen molar-refractivity contribution >= 4 is 26.3 Å². The van der Waals surface area contributed by atoms with Crippen LogP contribution in [0.2, 0.25) is 0 Å². The Balaban J connectivity index is 1.83. The molecule has 0 amide bonds. The van der Waals surface area contributed by atoms with Gasteiger partial charge in [-0.05, 0) is 12.3 Å². The molecule has 1 fully saturated rings. The summed E-state index contributed by atoms with van der Waals surface area (Å²) in [4.78, 5) is 4.07. The number of aromatic nitrogens is 1. The lowest BCUT2D eigenvalue weighted by Gasteiger charge is -2.07. The van der Waals surface area contributed by atoms with Gasteiger partial charge < -0.3 is 5.32 Å². The quantitative estimate of drug-likeness (QED) is 0.844. The molecule has 1 N–H and O–H groups in total. The molecule has 1 aliphatic rings. The van der Waals surface area contributed by atoms with Crippen LogP contribution in [-0.2, 0) is 9.84 Å². The van der Waals surface area contributed by atoms with E-state index in [0.717, 1.165) is 11.6 Å². The van der Waals surface area contributed by atoms with Crippen molar-refractivity contribution in [1.29, 1.82) is 0 Å². The zero-order valence-electron chi connectivity index (χ0n) is 7.64. The van der Waals surface area contributed by atoms with Crippen molar-refractivity contribution in [1.82, 2.24) is 4.98 Å². The zero-order valence-corrected chi connectivity index (χ0v) is 9.27. The highest BCUT2D eigenvalue weighted by Gasteiger charge is 2.27. The van der Waals surface area contributed by atoms with E-state index in [1.54, 1.807) is 6.20 Å². The highest BCUT2D eigenvalue weighted by molar-refractivity contribution is 7.91. The van der Waals surface area contributed by atoms with Gasteiger partial charge in [0.2, 0.25) is 0 Å². The predicted octanol–water partition coefficient (Wildman–Crippen LogP) is 0.990. The summed E-state index contributed by atoms with van der Waals surface area (Å²) in [5, 5.41) is 5.91. The van der Waals surface area contributed by atoms with Gasteiger partial charge in [-0.2, -0.15) is 0 Å². The van der Waals surface area contributed by atoms with Crippen LogP contribution in [0.25, 0.3) is 0 Å². The van der Waals surface area contributed by atoms with Crippen LogP contribution in [0.3, 0.4) is 0 Å². The molecule has 1 aliphatic heterocycles. The standard InChI is InChI=1S/C8H12N2O2S2/c11-14(12)4-1-7(6-14)5-10-8-9-2-3-13-8/h2-3,7H,1,4-6H2,(H,9,10). The largest absolute Gasteiger partial charge is 0.361 e. The number of anilines is 1. The van der Waals surface area contributed by atoms with E-state index in [1.807, 2.05) is 5.38 Å². The Kier molecular flexibility index (Phi) is 2.73. The van der Waals surface area contributed by atoms with Gasteiger partial charge in [0.05, 0.1) is 11.5 Å². The first kappa shape index (κ1) is 9.92. The number of sulfone groups is 1. The number of nitrogens with zero attached hydrogens (tertiary/aromatic N) is 1. The highest BCUT2D eigenvalue weighted by atomic mass is 32.2. The van der Waals surface area contributed by atoms with Gasteiger partial charge in [0.25, 0.3) is 0 Å². The summed E-state index contributed by atoms with van der Waals surface area (Å²) in [6.07, 6.45) is 2.51. The summed E-state index contributed by atoms with van der Waals surface area (Å²) in [6, 6.07) is 0. The molecule has 1 aromatic rings. The van der Waals surface area contributed by atoms with Crippen LogP contribution >= 0.6 is 11.3 Å². The average Bonchev–Trinajstić information content (AvgIpc) is 2.70. The predicted molar refractivity (Wildman–Crippen MR) is 57.4 cm³/mol. The molecular weight excluding hydrogens is 220 g/mol. The molecule has 0 bridgehead atoms. The Morgan fingerprint density at radius 2 is 2.50 bits per heavy atom. The summed E-state index contributed by atoms with van der Waals surface area (Å²) in [6.45, 7) is 0.715. The molecule has 1 aromatic heterocycles. The second-order valence-corrected chi connectivity index (χ2v) is 6.61. The normalized spacial score (nSPS) is 25.0. The zero-order chi connectivity index (χ0) is 10.0. The Morgan fingerprint density at radius 1 is 1.64 bits per heavy atom. The first-order chi connectivity index (χ1) is 6.66. The minimum Gasteiger partial charge on any atom is -0.361 e. The Morgan fingerprint density at radius 3 is 3.07 bits per heavy atom. The van der Waals surface area contributed by atoms with Gasteiger partial charge in [0, 0.05) is 18.1 Å². The van der Waals surface area contributed by atoms with E-state index < -0.39 is 9.84 Å². The van der Waals surface area contributed by atoms with Gasteiger partial charge in [-0.25, -0.2) is 13.4 Å². The SMILES string of the molecule is O=S1(=O)CCC(CNc2nccs2)C1. The van der Waals surface area contributed by atoms with Gasteiger partial charge in [-0.1, -0.05) is 0 Å². The molecule has 0 saturated carbocycles. The van der Waals surface area contributed by atoms with Gasteiger partial charge >= 0.3 is 0 Å². The highest BCUT2D eigenvalue weighted by Crippen LogP contribution is 2.19. The lowest BCUT2D eigenvalue weighted by molar-refractivity contribution is 0.596. The molecule has 0 radical (unpaired) electrons. The van der Waals surface area contributed by atoms with Crippen molar-refractivity contribution in [3.8, 4) is 0 Å². The summed E-state index contributed by atoms with van der Waals surface area (Å²) in [7, 11) is -2.74. The Labute approximate surface area is 87.3 Å². The van der Waals surface area contributed by atoms with Gasteiger partial charge in [0.15, 0.2) is 15.0 Å². The molecule has 2 rings (SSSR count). The molecule has 0 aromatic carbocycles. The molecule has 2 heterocycles. The van der Waals surface area contributed by atoms with Crippen LogP contribution in [0.1, 0.15) is 6.42 Å². The Bertz CT molecular complexity index is 385. The fourth-order valence-corrected chi connectivity index (χ4v) is 3.98. The summed E-state index contributed by atoms with van der Waals surface area (Å²) in [5.74, 6) is 0.923. The number of thiazole rings is 1. The summed E-state index contributed by atoms with van der Waals surface area (Å²) < 4.78 is 22.3. The molecule has 1 saturated heterocycles. The van der Waals surface area contributed by atoms with E-state index in [0.29, 0.717) is 18.1 Å². The molecule has 6 heteroatoms. The van der Waals surface area contributed by atoms with Gasteiger partial charge in [-0.15, -0.1) is 11.3 Å². The smallest absolute Gasteiger partial charge is 0.182 e. The second kappa shape index (κ2) is 3.86. The third-order valence-corrected chi connectivity index (χ3v) is 4.87. The van der Waals surface area contributed by atoms with Crippen molar-refractivity contribution in [3.63, 3.8) is 0 Å². The first-order valence-electron chi connectivity index (χ1n) is 4.49. The van der Waals surface area contributed by atoms with Crippen molar-refractivity contribution in [2.45, 2.75) is 6.42 Å². The number of hydrogen-bond acceptors (Lipinski definition) is 5. The van der Waals surface area contributed by atoms with E-state index in [1.165, 1.54) is 11.3 Å². The van der Waals surface area contributed by atoms with Crippen LogP contribution in [0.4, 0.5) is 5.13 Å². The van der Waals surface area contributed by atoms with Crippen molar-refractivity contribution in [3.05, 3.63) is 11.6 Å². The van der Waals surface area contributed by atoms with Crippen LogP contribution < -0.4 is 5.32 Å². The second-order valence-electron chi connectivity index (χ2n) is 3.49. The molecule has 14 heavy (non-hydrogen) atoms. The van der Waals surface area contributed by atoms with Crippen LogP contribution in [0.15, 0.2) is 11.6 Å². The fourth-order valence-electron chi connectivity index (χ4n) is 1.58. The fraction of sp³-hybridized carbons (Fsp3) is 0.625. The lowest BCUT2D eigenvalue weighted by atomic mass is 10.1. The summed E-state index contributed by atoms with van der Waals surface area (Å²) in [5.41, 5.74) is 0. The van der Waals surface area contributed by atoms with Gasteiger partial charge in [-0.3, -0.25) is 0 Å². The number of rotatable bonds is 3. The van der Waals surface area contributed by atoms with Gasteiger partial charge in [0.1, 0.15) is 0 Å². The minimum absolute atomic E-state index is 0.254. The van der Waals surface area contributed by atoms with E-state index in [4.69, 9.17) is 0 Å². The topological polar surface area (TPSA) is 59.1 Å². The molecular formula is C8H12N2O2S2. The third kappa shape index (κ3) is 2.45. The van der Waals surface area contributed by atoms with Crippen LogP contribution in [0.5, 0.6) is 0 Å². The monoisotopic (exact) mass is 232 g/mol. The number of hydrogen-bond donors (Lipinski definition) is 1. The maximum atomic E-state index is 11.2. The third-order valence-electron chi connectivity index (χ3n) is 2.30. The van der Waals surface area contributed by atoms with Crippen molar-refractivity contribution < 1.29 is 8.42 Å². The number of nitrogens with one attached hydrogen (secondary N) is 1.